The van der Waals surface area contributed by atoms with Crippen LogP contribution in [0.1, 0.15) is 32.6 Å². The van der Waals surface area contributed by atoms with Gasteiger partial charge in [-0.25, -0.2) is 4.79 Å². The molecular weight excluding hydrogens is 236 g/mol. The monoisotopic (exact) mass is 254 g/mol. The van der Waals surface area contributed by atoms with E-state index in [4.69, 9.17) is 0 Å². The number of benzene rings is 2. The Labute approximate surface area is 113 Å². The van der Waals surface area contributed by atoms with Crippen LogP contribution in [0.5, 0.6) is 0 Å². The van der Waals surface area contributed by atoms with E-state index in [9.17, 15) is 9.90 Å². The van der Waals surface area contributed by atoms with Gasteiger partial charge in [-0.05, 0) is 67.1 Å². The normalized spacial score (nSPS) is 10.5. The number of aryl methyl sites for hydroxylation is 3. The molecule has 2 aromatic carbocycles. The van der Waals surface area contributed by atoms with E-state index in [1.54, 1.807) is 12.1 Å². The molecule has 0 aliphatic carbocycles. The lowest BCUT2D eigenvalue weighted by Gasteiger charge is -2.14. The van der Waals surface area contributed by atoms with Crippen LogP contribution in [0.15, 0.2) is 30.3 Å². The first-order valence-corrected chi connectivity index (χ1v) is 6.33. The lowest BCUT2D eigenvalue weighted by Crippen LogP contribution is -2.01. The second-order valence-electron chi connectivity index (χ2n) is 5.03. The fourth-order valence-corrected chi connectivity index (χ4v) is 2.41. The van der Waals surface area contributed by atoms with Gasteiger partial charge in [-0.15, -0.1) is 0 Å². The molecule has 1 N–H and O–H groups in total. The summed E-state index contributed by atoms with van der Waals surface area (Å²) >= 11 is 0. The maximum Gasteiger partial charge on any atom is 0.335 e. The quantitative estimate of drug-likeness (QED) is 0.868. The van der Waals surface area contributed by atoms with Crippen molar-refractivity contribution in [2.45, 2.75) is 27.7 Å². The third kappa shape index (κ3) is 2.39. The molecule has 0 aliphatic heterocycles. The summed E-state index contributed by atoms with van der Waals surface area (Å²) in [5, 5.41) is 9.21. The van der Waals surface area contributed by atoms with Crippen LogP contribution in [0.4, 0.5) is 0 Å². The average molecular weight is 254 g/mol. The van der Waals surface area contributed by atoms with Gasteiger partial charge in [-0.2, -0.15) is 0 Å². The Hall–Kier alpha value is -2.09. The second kappa shape index (κ2) is 4.88. The van der Waals surface area contributed by atoms with E-state index >= 15 is 0 Å². The summed E-state index contributed by atoms with van der Waals surface area (Å²) in [6, 6.07) is 9.73. The van der Waals surface area contributed by atoms with E-state index in [0.717, 1.165) is 16.7 Å². The summed E-state index contributed by atoms with van der Waals surface area (Å²) in [6.45, 7) is 8.10. The van der Waals surface area contributed by atoms with E-state index in [0.29, 0.717) is 5.56 Å². The Morgan fingerprint density at radius 3 is 2.16 bits per heavy atom. The molecule has 98 valence electrons. The van der Waals surface area contributed by atoms with Crippen molar-refractivity contribution in [1.82, 2.24) is 0 Å². The largest absolute Gasteiger partial charge is 0.478 e. The van der Waals surface area contributed by atoms with Crippen LogP contribution in [0, 0.1) is 27.7 Å². The molecule has 2 nitrogen and oxygen atoms in total. The van der Waals surface area contributed by atoms with Crippen LogP contribution < -0.4 is 0 Å². The molecule has 19 heavy (non-hydrogen) atoms. The van der Waals surface area contributed by atoms with Crippen molar-refractivity contribution in [2.24, 2.45) is 0 Å². The summed E-state index contributed by atoms with van der Waals surface area (Å²) in [6.07, 6.45) is 0. The van der Waals surface area contributed by atoms with Crippen LogP contribution in [0.2, 0.25) is 0 Å². The van der Waals surface area contributed by atoms with E-state index in [-0.39, 0.29) is 0 Å². The average Bonchev–Trinajstić information content (AvgIpc) is 2.34. The molecule has 0 unspecified atom stereocenters. The molecule has 0 fully saturated rings. The van der Waals surface area contributed by atoms with Gasteiger partial charge in [0, 0.05) is 0 Å². The van der Waals surface area contributed by atoms with Gasteiger partial charge in [-0.1, -0.05) is 24.3 Å². The lowest BCUT2D eigenvalue weighted by atomic mass is 9.91. The number of carbonyl (C=O) groups is 1. The molecule has 0 aromatic heterocycles. The zero-order valence-electron chi connectivity index (χ0n) is 11.7. The van der Waals surface area contributed by atoms with Crippen LogP contribution in [0.3, 0.4) is 0 Å². The molecule has 2 rings (SSSR count). The molecule has 0 saturated carbocycles. The minimum absolute atomic E-state index is 0.370. The van der Waals surface area contributed by atoms with Gasteiger partial charge in [0.15, 0.2) is 0 Å². The SMILES string of the molecule is Cc1cc(C)c(-c2cccc(C(=O)O)c2C)cc1C. The highest BCUT2D eigenvalue weighted by atomic mass is 16.4. The van der Waals surface area contributed by atoms with Gasteiger partial charge in [0.1, 0.15) is 0 Å². The molecule has 0 heterocycles. The minimum Gasteiger partial charge on any atom is -0.478 e. The number of hydrogen-bond donors (Lipinski definition) is 1. The van der Waals surface area contributed by atoms with Gasteiger partial charge in [0.05, 0.1) is 5.56 Å². The molecular formula is C17H18O2. The number of carboxylic acid groups (broad SMARTS) is 1. The number of carboxylic acids is 1. The molecule has 2 aromatic rings. The van der Waals surface area contributed by atoms with Crippen molar-refractivity contribution in [1.29, 1.82) is 0 Å². The zero-order valence-corrected chi connectivity index (χ0v) is 11.7. The van der Waals surface area contributed by atoms with Crippen LogP contribution in [0.25, 0.3) is 11.1 Å². The molecule has 0 saturated heterocycles. The Morgan fingerprint density at radius 1 is 0.895 bits per heavy atom. The fraction of sp³-hybridized carbons (Fsp3) is 0.235. The first-order valence-electron chi connectivity index (χ1n) is 6.33. The summed E-state index contributed by atoms with van der Waals surface area (Å²) in [5.74, 6) is -0.874. The lowest BCUT2D eigenvalue weighted by molar-refractivity contribution is 0.0696. The molecule has 0 spiro atoms. The highest BCUT2D eigenvalue weighted by Crippen LogP contribution is 2.30. The molecule has 0 bridgehead atoms. The van der Waals surface area contributed by atoms with Crippen LogP contribution in [-0.2, 0) is 0 Å². The second-order valence-corrected chi connectivity index (χ2v) is 5.03. The molecule has 0 radical (unpaired) electrons. The Morgan fingerprint density at radius 2 is 1.53 bits per heavy atom. The standard InChI is InChI=1S/C17H18O2/c1-10-8-12(3)16(9-11(10)2)14-6-5-7-15(13(14)4)17(18)19/h5-9H,1-4H3,(H,18,19). The first-order chi connectivity index (χ1) is 8.91. The Kier molecular flexibility index (Phi) is 3.43. The van der Waals surface area contributed by atoms with Crippen molar-refractivity contribution in [2.75, 3.05) is 0 Å². The summed E-state index contributed by atoms with van der Waals surface area (Å²) < 4.78 is 0. The summed E-state index contributed by atoms with van der Waals surface area (Å²) in [7, 11) is 0. The van der Waals surface area contributed by atoms with Crippen molar-refractivity contribution in [3.8, 4) is 11.1 Å². The van der Waals surface area contributed by atoms with Gasteiger partial charge < -0.3 is 5.11 Å². The van der Waals surface area contributed by atoms with Gasteiger partial charge in [0.2, 0.25) is 0 Å². The number of hydrogen-bond acceptors (Lipinski definition) is 1. The van der Waals surface area contributed by atoms with Crippen molar-refractivity contribution < 1.29 is 9.90 Å². The van der Waals surface area contributed by atoms with E-state index in [1.165, 1.54) is 16.7 Å². The number of rotatable bonds is 2. The first kappa shape index (κ1) is 13.3. The Bertz CT molecular complexity index is 655. The van der Waals surface area contributed by atoms with Gasteiger partial charge in [-0.3, -0.25) is 0 Å². The highest BCUT2D eigenvalue weighted by Gasteiger charge is 2.13. The van der Waals surface area contributed by atoms with Gasteiger partial charge >= 0.3 is 5.97 Å². The van der Waals surface area contributed by atoms with E-state index in [2.05, 4.69) is 32.9 Å². The van der Waals surface area contributed by atoms with Crippen molar-refractivity contribution in [3.63, 3.8) is 0 Å². The van der Waals surface area contributed by atoms with Crippen LogP contribution >= 0.6 is 0 Å². The minimum atomic E-state index is -0.874. The van der Waals surface area contributed by atoms with E-state index < -0.39 is 5.97 Å². The van der Waals surface area contributed by atoms with Gasteiger partial charge in [0.25, 0.3) is 0 Å². The van der Waals surface area contributed by atoms with Crippen LogP contribution in [-0.4, -0.2) is 11.1 Å². The summed E-state index contributed by atoms with van der Waals surface area (Å²) in [5.41, 5.74) is 6.96. The maximum atomic E-state index is 11.2. The molecule has 0 aliphatic rings. The topological polar surface area (TPSA) is 37.3 Å². The molecule has 2 heteroatoms. The van der Waals surface area contributed by atoms with Crippen molar-refractivity contribution >= 4 is 5.97 Å². The maximum absolute atomic E-state index is 11.2. The smallest absolute Gasteiger partial charge is 0.335 e. The van der Waals surface area contributed by atoms with E-state index in [1.807, 2.05) is 13.0 Å². The fourth-order valence-electron chi connectivity index (χ4n) is 2.41. The molecule has 0 amide bonds. The zero-order chi connectivity index (χ0) is 14.2. The Balaban J connectivity index is 2.69. The third-order valence-corrected chi connectivity index (χ3v) is 3.70. The summed E-state index contributed by atoms with van der Waals surface area (Å²) in [4.78, 5) is 11.2. The third-order valence-electron chi connectivity index (χ3n) is 3.70. The predicted octanol–water partition coefficient (Wildman–Crippen LogP) is 4.29. The highest BCUT2D eigenvalue weighted by molar-refractivity contribution is 5.92. The number of aromatic carboxylic acids is 1. The van der Waals surface area contributed by atoms with Crippen molar-refractivity contribution in [3.05, 3.63) is 58.1 Å². The predicted molar refractivity (Wildman–Crippen MR) is 77.8 cm³/mol. The molecule has 0 atom stereocenters.